The highest BCUT2D eigenvalue weighted by atomic mass is 32.2. The molecule has 1 aliphatic rings. The molecule has 9 nitrogen and oxygen atoms in total. The zero-order valence-electron chi connectivity index (χ0n) is 18.6. The third-order valence-corrected chi connectivity index (χ3v) is 6.51. The van der Waals surface area contributed by atoms with Crippen LogP contribution in [-0.2, 0) is 25.6 Å². The summed E-state index contributed by atoms with van der Waals surface area (Å²) >= 11 is 5.55. The van der Waals surface area contributed by atoms with Crippen molar-refractivity contribution in [3.63, 3.8) is 0 Å². The predicted molar refractivity (Wildman–Crippen MR) is 131 cm³/mol. The summed E-state index contributed by atoms with van der Waals surface area (Å²) in [5, 5.41) is 14.4. The van der Waals surface area contributed by atoms with Crippen LogP contribution in [0.3, 0.4) is 0 Å². The molecule has 0 aliphatic carbocycles. The highest BCUT2D eigenvalue weighted by Crippen LogP contribution is 2.20. The number of carboxylic acids is 1. The molecule has 182 valence electrons. The van der Waals surface area contributed by atoms with Crippen molar-refractivity contribution in [1.29, 1.82) is 0 Å². The molecule has 1 heterocycles. The Labute approximate surface area is 203 Å². The summed E-state index contributed by atoms with van der Waals surface area (Å²) in [4.78, 5) is 51.6. The zero-order chi connectivity index (χ0) is 24.4. The van der Waals surface area contributed by atoms with Gasteiger partial charge in [-0.05, 0) is 36.8 Å². The zero-order valence-corrected chi connectivity index (χ0v) is 20.3. The minimum absolute atomic E-state index is 0.0671. The number of rotatable bonds is 12. The van der Waals surface area contributed by atoms with Crippen molar-refractivity contribution in [1.82, 2.24) is 15.5 Å². The monoisotopic (exact) mass is 496 g/mol. The van der Waals surface area contributed by atoms with E-state index in [9.17, 15) is 24.3 Å². The lowest BCUT2D eigenvalue weighted by Crippen LogP contribution is -2.57. The second kappa shape index (κ2) is 13.5. The van der Waals surface area contributed by atoms with Crippen molar-refractivity contribution in [3.05, 3.63) is 35.9 Å². The van der Waals surface area contributed by atoms with Gasteiger partial charge in [0.05, 0.1) is 6.04 Å². The fraction of sp³-hybridized carbons (Fsp3) is 0.545. The van der Waals surface area contributed by atoms with Gasteiger partial charge in [-0.2, -0.15) is 24.4 Å². The van der Waals surface area contributed by atoms with E-state index in [0.29, 0.717) is 25.8 Å². The maximum absolute atomic E-state index is 13.5. The average molecular weight is 497 g/mol. The molecule has 11 heteroatoms. The van der Waals surface area contributed by atoms with Crippen LogP contribution in [-0.4, -0.2) is 82.2 Å². The topological polar surface area (TPSA) is 142 Å². The van der Waals surface area contributed by atoms with Gasteiger partial charge >= 0.3 is 5.97 Å². The number of nitrogens with one attached hydrogen (secondary N) is 2. The molecule has 3 amide bonds. The summed E-state index contributed by atoms with van der Waals surface area (Å²) in [6.45, 7) is 0.342. The smallest absolute Gasteiger partial charge is 0.327 e. The molecule has 1 aliphatic heterocycles. The Morgan fingerprint density at radius 1 is 1.21 bits per heavy atom. The van der Waals surface area contributed by atoms with Crippen molar-refractivity contribution >= 4 is 48.1 Å². The Hall–Kier alpha value is -2.24. The van der Waals surface area contributed by atoms with Crippen LogP contribution in [0, 0.1) is 0 Å². The van der Waals surface area contributed by atoms with Crippen LogP contribution in [0.15, 0.2) is 30.3 Å². The molecule has 1 fully saturated rings. The number of hydrogen-bond donors (Lipinski definition) is 5. The number of aliphatic carboxylic acids is 1. The van der Waals surface area contributed by atoms with E-state index in [2.05, 4.69) is 23.3 Å². The number of nitrogens with two attached hydrogens (primary N) is 1. The van der Waals surface area contributed by atoms with Gasteiger partial charge in [0.25, 0.3) is 0 Å². The number of likely N-dealkylation sites (tertiary alicyclic amines) is 1. The first-order valence-electron chi connectivity index (χ1n) is 10.8. The predicted octanol–water partition coefficient (Wildman–Crippen LogP) is 0.285. The Bertz CT molecular complexity index is 826. The maximum atomic E-state index is 13.5. The van der Waals surface area contributed by atoms with Crippen LogP contribution in [0.25, 0.3) is 0 Å². The molecule has 0 bridgehead atoms. The first kappa shape index (κ1) is 27.0. The van der Waals surface area contributed by atoms with Crippen LogP contribution in [0.4, 0.5) is 0 Å². The largest absolute Gasteiger partial charge is 0.480 e. The van der Waals surface area contributed by atoms with Gasteiger partial charge in [0.15, 0.2) is 0 Å². The van der Waals surface area contributed by atoms with E-state index in [-0.39, 0.29) is 18.1 Å². The number of carboxylic acid groups (broad SMARTS) is 1. The highest BCUT2D eigenvalue weighted by Gasteiger charge is 2.39. The van der Waals surface area contributed by atoms with Crippen LogP contribution in [0.1, 0.15) is 24.8 Å². The van der Waals surface area contributed by atoms with Gasteiger partial charge in [-0.25, -0.2) is 4.79 Å². The van der Waals surface area contributed by atoms with Crippen molar-refractivity contribution in [2.45, 2.75) is 49.9 Å². The van der Waals surface area contributed by atoms with Gasteiger partial charge in [0.2, 0.25) is 17.7 Å². The SMILES string of the molecule is CSCCC(N)C(=O)NC(Cc1ccccc1)C(=O)N1CCCC1C(=O)NC(CS)C(=O)O. The van der Waals surface area contributed by atoms with Crippen molar-refractivity contribution in [2.24, 2.45) is 5.73 Å². The molecule has 0 saturated carbocycles. The van der Waals surface area contributed by atoms with E-state index in [1.54, 1.807) is 11.8 Å². The van der Waals surface area contributed by atoms with Gasteiger partial charge in [0, 0.05) is 18.7 Å². The Morgan fingerprint density at radius 3 is 2.52 bits per heavy atom. The Kier molecular flexibility index (Phi) is 11.0. The first-order valence-corrected chi connectivity index (χ1v) is 12.8. The fourth-order valence-corrected chi connectivity index (χ4v) is 4.40. The number of carbonyl (C=O) groups excluding carboxylic acids is 3. The summed E-state index contributed by atoms with van der Waals surface area (Å²) in [6, 6.07) is 5.68. The molecular weight excluding hydrogens is 464 g/mol. The lowest BCUT2D eigenvalue weighted by Gasteiger charge is -2.30. The minimum Gasteiger partial charge on any atom is -0.480 e. The summed E-state index contributed by atoms with van der Waals surface area (Å²) in [5.74, 6) is -1.89. The molecule has 4 atom stereocenters. The second-order valence-corrected chi connectivity index (χ2v) is 9.26. The molecule has 0 radical (unpaired) electrons. The molecule has 1 aromatic rings. The number of benzene rings is 1. The number of nitrogens with zero attached hydrogens (tertiary/aromatic N) is 1. The van der Waals surface area contributed by atoms with E-state index < -0.39 is 42.0 Å². The van der Waals surface area contributed by atoms with E-state index in [4.69, 9.17) is 5.73 Å². The standard InChI is InChI=1S/C22H32N4O5S2/c1-33-11-9-15(23)19(27)24-16(12-14-6-3-2-4-7-14)21(29)26-10-5-8-18(26)20(28)25-17(13-32)22(30)31/h2-4,6-7,15-18,32H,5,8-13,23H2,1H3,(H,24,27)(H,25,28)(H,30,31). The van der Waals surface area contributed by atoms with Crippen LogP contribution in [0.5, 0.6) is 0 Å². The van der Waals surface area contributed by atoms with Crippen LogP contribution in [0.2, 0.25) is 0 Å². The normalized spacial score (nSPS) is 18.3. The van der Waals surface area contributed by atoms with Crippen molar-refractivity contribution in [3.8, 4) is 0 Å². The fourth-order valence-electron chi connectivity index (χ4n) is 3.66. The van der Waals surface area contributed by atoms with Gasteiger partial charge in [-0.3, -0.25) is 14.4 Å². The van der Waals surface area contributed by atoms with Crippen LogP contribution >= 0.6 is 24.4 Å². The third kappa shape index (κ3) is 7.94. The second-order valence-electron chi connectivity index (χ2n) is 7.91. The van der Waals surface area contributed by atoms with E-state index in [1.165, 1.54) is 4.90 Å². The minimum atomic E-state index is -1.19. The van der Waals surface area contributed by atoms with Crippen molar-refractivity contribution < 1.29 is 24.3 Å². The Balaban J connectivity index is 2.18. The molecule has 5 N–H and O–H groups in total. The maximum Gasteiger partial charge on any atom is 0.327 e. The number of amides is 3. The molecule has 33 heavy (non-hydrogen) atoms. The Morgan fingerprint density at radius 2 is 1.91 bits per heavy atom. The van der Waals surface area contributed by atoms with Gasteiger partial charge in [0.1, 0.15) is 18.1 Å². The van der Waals surface area contributed by atoms with E-state index in [0.717, 1.165) is 11.3 Å². The summed E-state index contributed by atoms with van der Waals surface area (Å²) < 4.78 is 0. The first-order chi connectivity index (χ1) is 15.8. The molecule has 2 rings (SSSR count). The quantitative estimate of drug-likeness (QED) is 0.262. The summed E-state index contributed by atoms with van der Waals surface area (Å²) in [7, 11) is 0. The number of thiol groups is 1. The molecule has 1 aromatic carbocycles. The summed E-state index contributed by atoms with van der Waals surface area (Å²) in [5.41, 5.74) is 6.85. The molecule has 1 saturated heterocycles. The summed E-state index contributed by atoms with van der Waals surface area (Å²) in [6.07, 6.45) is 3.67. The lowest BCUT2D eigenvalue weighted by atomic mass is 10.0. The third-order valence-electron chi connectivity index (χ3n) is 5.50. The van der Waals surface area contributed by atoms with E-state index >= 15 is 0 Å². The molecule has 0 spiro atoms. The van der Waals surface area contributed by atoms with Crippen molar-refractivity contribution in [2.75, 3.05) is 24.3 Å². The van der Waals surface area contributed by atoms with Gasteiger partial charge < -0.3 is 26.4 Å². The number of carbonyl (C=O) groups is 4. The average Bonchev–Trinajstić information content (AvgIpc) is 3.30. The molecular formula is C22H32N4O5S2. The molecule has 4 unspecified atom stereocenters. The lowest BCUT2D eigenvalue weighted by molar-refractivity contribution is -0.144. The van der Waals surface area contributed by atoms with Crippen LogP contribution < -0.4 is 16.4 Å². The van der Waals surface area contributed by atoms with Gasteiger partial charge in [-0.15, -0.1) is 0 Å². The number of thioether (sulfide) groups is 1. The van der Waals surface area contributed by atoms with E-state index in [1.807, 2.05) is 36.6 Å². The molecule has 0 aromatic heterocycles. The van der Waals surface area contributed by atoms with Gasteiger partial charge in [-0.1, -0.05) is 30.3 Å². The number of hydrogen-bond acceptors (Lipinski definition) is 7. The highest BCUT2D eigenvalue weighted by molar-refractivity contribution is 7.98.